The van der Waals surface area contributed by atoms with Crippen LogP contribution in [0.15, 0.2) is 48.5 Å². The molecule has 1 aliphatic rings. The quantitative estimate of drug-likeness (QED) is 0.515. The van der Waals surface area contributed by atoms with Gasteiger partial charge in [0.1, 0.15) is 0 Å². The number of hydrogen-bond donors (Lipinski definition) is 1. The summed E-state index contributed by atoms with van der Waals surface area (Å²) < 4.78 is 16.3. The van der Waals surface area contributed by atoms with Gasteiger partial charge in [-0.1, -0.05) is 26.0 Å². The van der Waals surface area contributed by atoms with Gasteiger partial charge < -0.3 is 29.3 Å². The van der Waals surface area contributed by atoms with E-state index < -0.39 is 0 Å². The fraction of sp³-hybridized carbons (Fsp3) is 0.370. The second-order valence-electron chi connectivity index (χ2n) is 8.87. The monoisotopic (exact) mass is 491 g/mol. The van der Waals surface area contributed by atoms with Crippen LogP contribution in [0, 0.1) is 0 Å². The van der Waals surface area contributed by atoms with Crippen LogP contribution in [-0.2, 0) is 0 Å². The van der Waals surface area contributed by atoms with Crippen molar-refractivity contribution >= 4 is 17.5 Å². The average molecular weight is 492 g/mol. The molecule has 1 saturated heterocycles. The second kappa shape index (κ2) is 11.2. The van der Waals surface area contributed by atoms with E-state index >= 15 is 0 Å². The standard InChI is InChI=1S/C27H33N5O4/c1-18(2)19-6-8-21(9-7-19)28-27(33)32-14-12-31(13-15-32)25-11-10-22(29-30-25)20-16-23(34-3)26(36-5)24(17-20)35-4/h6-11,16-18H,12-15H2,1-5H3,(H,28,33). The lowest BCUT2D eigenvalue weighted by atomic mass is 10.0. The molecule has 1 N–H and O–H groups in total. The predicted molar refractivity (Wildman–Crippen MR) is 140 cm³/mol. The maximum absolute atomic E-state index is 12.7. The van der Waals surface area contributed by atoms with E-state index in [2.05, 4.69) is 46.4 Å². The third kappa shape index (κ3) is 5.45. The highest BCUT2D eigenvalue weighted by atomic mass is 16.5. The van der Waals surface area contributed by atoms with Crippen molar-refractivity contribution in [3.8, 4) is 28.5 Å². The van der Waals surface area contributed by atoms with Crippen molar-refractivity contribution in [3.05, 3.63) is 54.1 Å². The van der Waals surface area contributed by atoms with Crippen LogP contribution in [0.5, 0.6) is 17.2 Å². The molecule has 0 atom stereocenters. The van der Waals surface area contributed by atoms with E-state index in [1.807, 2.05) is 41.3 Å². The number of nitrogens with zero attached hydrogens (tertiary/aromatic N) is 4. The first-order valence-electron chi connectivity index (χ1n) is 12.0. The smallest absolute Gasteiger partial charge is 0.321 e. The molecule has 2 heterocycles. The summed E-state index contributed by atoms with van der Waals surface area (Å²) in [6.07, 6.45) is 0. The zero-order chi connectivity index (χ0) is 25.7. The molecular weight excluding hydrogens is 458 g/mol. The van der Waals surface area contributed by atoms with Crippen LogP contribution in [0.1, 0.15) is 25.3 Å². The number of hydrogen-bond acceptors (Lipinski definition) is 7. The Balaban J connectivity index is 1.37. The molecule has 0 spiro atoms. The summed E-state index contributed by atoms with van der Waals surface area (Å²) in [6.45, 7) is 6.87. The zero-order valence-corrected chi connectivity index (χ0v) is 21.4. The summed E-state index contributed by atoms with van der Waals surface area (Å²) >= 11 is 0. The van der Waals surface area contributed by atoms with Crippen LogP contribution in [0.25, 0.3) is 11.3 Å². The molecule has 0 unspecified atom stereocenters. The van der Waals surface area contributed by atoms with Crippen molar-refractivity contribution in [1.29, 1.82) is 0 Å². The Labute approximate surface area is 212 Å². The van der Waals surface area contributed by atoms with Crippen LogP contribution >= 0.6 is 0 Å². The molecular formula is C27H33N5O4. The van der Waals surface area contributed by atoms with E-state index in [1.54, 1.807) is 21.3 Å². The van der Waals surface area contributed by atoms with Crippen LogP contribution < -0.4 is 24.4 Å². The van der Waals surface area contributed by atoms with Gasteiger partial charge in [-0.3, -0.25) is 0 Å². The number of urea groups is 1. The highest BCUT2D eigenvalue weighted by molar-refractivity contribution is 5.89. The van der Waals surface area contributed by atoms with Crippen LogP contribution in [-0.4, -0.2) is 68.6 Å². The Hall–Kier alpha value is -4.01. The summed E-state index contributed by atoms with van der Waals surface area (Å²) in [5.41, 5.74) is 3.56. The number of anilines is 2. The highest BCUT2D eigenvalue weighted by Crippen LogP contribution is 2.40. The molecule has 4 rings (SSSR count). The Morgan fingerprint density at radius 2 is 1.50 bits per heavy atom. The number of amides is 2. The van der Waals surface area contributed by atoms with E-state index in [0.717, 1.165) is 17.1 Å². The SMILES string of the molecule is COc1cc(-c2ccc(N3CCN(C(=O)Nc4ccc(C(C)C)cc4)CC3)nn2)cc(OC)c1OC. The predicted octanol–water partition coefficient (Wildman–Crippen LogP) is 4.65. The topological polar surface area (TPSA) is 89.1 Å². The molecule has 1 aromatic heterocycles. The number of methoxy groups -OCH3 is 3. The van der Waals surface area contributed by atoms with Crippen molar-refractivity contribution in [3.63, 3.8) is 0 Å². The lowest BCUT2D eigenvalue weighted by Crippen LogP contribution is -2.50. The lowest BCUT2D eigenvalue weighted by molar-refractivity contribution is 0.208. The van der Waals surface area contributed by atoms with Crippen molar-refractivity contribution in [2.75, 3.05) is 57.7 Å². The average Bonchev–Trinajstić information content (AvgIpc) is 2.92. The molecule has 3 aromatic rings. The first-order chi connectivity index (χ1) is 17.4. The molecule has 9 heteroatoms. The van der Waals surface area contributed by atoms with Gasteiger partial charge in [0.15, 0.2) is 17.3 Å². The molecule has 0 saturated carbocycles. The molecule has 0 aliphatic carbocycles. The van der Waals surface area contributed by atoms with Gasteiger partial charge >= 0.3 is 6.03 Å². The van der Waals surface area contributed by atoms with Gasteiger partial charge in [-0.15, -0.1) is 10.2 Å². The molecule has 0 radical (unpaired) electrons. The number of ether oxygens (including phenoxy) is 3. The Morgan fingerprint density at radius 1 is 0.861 bits per heavy atom. The number of benzene rings is 2. The van der Waals surface area contributed by atoms with E-state index in [1.165, 1.54) is 5.56 Å². The minimum Gasteiger partial charge on any atom is -0.493 e. The molecule has 0 bridgehead atoms. The van der Waals surface area contributed by atoms with E-state index in [9.17, 15) is 4.79 Å². The number of carbonyl (C=O) groups excluding carboxylic acids is 1. The van der Waals surface area contributed by atoms with Crippen molar-refractivity contribution < 1.29 is 19.0 Å². The first-order valence-corrected chi connectivity index (χ1v) is 12.0. The number of carbonyl (C=O) groups is 1. The maximum Gasteiger partial charge on any atom is 0.321 e. The molecule has 2 aromatic carbocycles. The third-order valence-corrected chi connectivity index (χ3v) is 6.33. The number of piperazine rings is 1. The van der Waals surface area contributed by atoms with Crippen LogP contribution in [0.2, 0.25) is 0 Å². The van der Waals surface area contributed by atoms with Crippen molar-refractivity contribution in [2.45, 2.75) is 19.8 Å². The second-order valence-corrected chi connectivity index (χ2v) is 8.87. The minimum absolute atomic E-state index is 0.0872. The molecule has 1 fully saturated rings. The summed E-state index contributed by atoms with van der Waals surface area (Å²) in [5, 5.41) is 11.9. The van der Waals surface area contributed by atoms with E-state index in [4.69, 9.17) is 14.2 Å². The van der Waals surface area contributed by atoms with Crippen molar-refractivity contribution in [1.82, 2.24) is 15.1 Å². The molecule has 36 heavy (non-hydrogen) atoms. The van der Waals surface area contributed by atoms with Gasteiger partial charge in [-0.05, 0) is 47.9 Å². The third-order valence-electron chi connectivity index (χ3n) is 6.33. The number of aromatic nitrogens is 2. The number of rotatable bonds is 7. The van der Waals surface area contributed by atoms with Crippen LogP contribution in [0.3, 0.4) is 0 Å². The van der Waals surface area contributed by atoms with Gasteiger partial charge in [0.25, 0.3) is 0 Å². The van der Waals surface area contributed by atoms with Crippen LogP contribution in [0.4, 0.5) is 16.3 Å². The van der Waals surface area contributed by atoms with Gasteiger partial charge in [0.05, 0.1) is 27.0 Å². The normalized spacial score (nSPS) is 13.5. The fourth-order valence-electron chi connectivity index (χ4n) is 4.17. The Morgan fingerprint density at radius 3 is 2.00 bits per heavy atom. The molecule has 190 valence electrons. The molecule has 9 nitrogen and oxygen atoms in total. The van der Waals surface area contributed by atoms with Gasteiger partial charge in [-0.25, -0.2) is 4.79 Å². The van der Waals surface area contributed by atoms with E-state index in [-0.39, 0.29) is 6.03 Å². The maximum atomic E-state index is 12.7. The Kier molecular flexibility index (Phi) is 7.77. The highest BCUT2D eigenvalue weighted by Gasteiger charge is 2.23. The van der Waals surface area contributed by atoms with Gasteiger partial charge in [0.2, 0.25) is 5.75 Å². The van der Waals surface area contributed by atoms with Crippen molar-refractivity contribution in [2.24, 2.45) is 0 Å². The largest absolute Gasteiger partial charge is 0.493 e. The first kappa shape index (κ1) is 25.1. The summed E-state index contributed by atoms with van der Waals surface area (Å²) in [4.78, 5) is 16.7. The van der Waals surface area contributed by atoms with Gasteiger partial charge in [-0.2, -0.15) is 0 Å². The molecule has 2 amide bonds. The summed E-state index contributed by atoms with van der Waals surface area (Å²) in [5.74, 6) is 2.88. The summed E-state index contributed by atoms with van der Waals surface area (Å²) in [6, 6.07) is 15.5. The minimum atomic E-state index is -0.0872. The lowest BCUT2D eigenvalue weighted by Gasteiger charge is -2.35. The summed E-state index contributed by atoms with van der Waals surface area (Å²) in [7, 11) is 4.73. The molecule has 1 aliphatic heterocycles. The number of nitrogens with one attached hydrogen (secondary N) is 1. The Bertz CT molecular complexity index is 1150. The fourth-order valence-corrected chi connectivity index (χ4v) is 4.17. The van der Waals surface area contributed by atoms with Gasteiger partial charge in [0, 0.05) is 37.4 Å². The van der Waals surface area contributed by atoms with E-state index in [0.29, 0.717) is 55.0 Å². The zero-order valence-electron chi connectivity index (χ0n) is 21.4.